The number of hydrogen-bond donors (Lipinski definition) is 1. The van der Waals surface area contributed by atoms with Crippen molar-refractivity contribution >= 4 is 11.9 Å². The molecule has 162 valence electrons. The van der Waals surface area contributed by atoms with Crippen LogP contribution in [0, 0.1) is 0 Å². The van der Waals surface area contributed by atoms with Crippen LogP contribution >= 0.6 is 0 Å². The summed E-state index contributed by atoms with van der Waals surface area (Å²) in [5, 5.41) is 7.76. The Labute approximate surface area is 178 Å². The molecule has 1 N–H and O–H groups in total. The van der Waals surface area contributed by atoms with Crippen LogP contribution in [0.15, 0.2) is 41.7 Å². The summed E-state index contributed by atoms with van der Waals surface area (Å²) in [7, 11) is 7.12. The van der Waals surface area contributed by atoms with Gasteiger partial charge in [-0.2, -0.15) is 5.10 Å². The number of ether oxygens (including phenoxy) is 1. The maximum Gasteiger partial charge on any atom is 0.243 e. The van der Waals surface area contributed by atoms with Crippen molar-refractivity contribution in [1.29, 1.82) is 0 Å². The van der Waals surface area contributed by atoms with Crippen LogP contribution in [-0.4, -0.2) is 78.8 Å². The minimum Gasteiger partial charge on any atom is -0.497 e. The first-order chi connectivity index (χ1) is 14.5. The number of rotatable bonds is 7. The molecule has 0 saturated carbocycles. The van der Waals surface area contributed by atoms with Gasteiger partial charge in [0.2, 0.25) is 5.91 Å². The lowest BCUT2D eigenvalue weighted by Crippen LogP contribution is -2.41. The van der Waals surface area contributed by atoms with E-state index in [1.165, 1.54) is 11.1 Å². The lowest BCUT2D eigenvalue weighted by atomic mass is 10.0. The Balaban J connectivity index is 1.62. The van der Waals surface area contributed by atoms with E-state index < -0.39 is 0 Å². The molecule has 0 spiro atoms. The quantitative estimate of drug-likeness (QED) is 0.551. The van der Waals surface area contributed by atoms with Gasteiger partial charge in [0.05, 0.1) is 13.3 Å². The van der Waals surface area contributed by atoms with E-state index in [-0.39, 0.29) is 12.5 Å². The van der Waals surface area contributed by atoms with Gasteiger partial charge in [0, 0.05) is 52.9 Å². The van der Waals surface area contributed by atoms with Crippen LogP contribution in [0.4, 0.5) is 0 Å². The molecule has 8 heteroatoms. The highest BCUT2D eigenvalue weighted by Gasteiger charge is 2.27. The summed E-state index contributed by atoms with van der Waals surface area (Å²) in [4.78, 5) is 20.5. The van der Waals surface area contributed by atoms with Crippen molar-refractivity contribution in [2.45, 2.75) is 18.8 Å². The summed E-state index contributed by atoms with van der Waals surface area (Å²) in [5.41, 5.74) is 2.48. The fourth-order valence-electron chi connectivity index (χ4n) is 3.54. The van der Waals surface area contributed by atoms with Crippen LogP contribution in [0.5, 0.6) is 5.75 Å². The smallest absolute Gasteiger partial charge is 0.243 e. The maximum atomic E-state index is 12.1. The largest absolute Gasteiger partial charge is 0.497 e. The number of carbonyl (C=O) groups excluding carboxylic acids is 1. The molecule has 0 aliphatic carbocycles. The Morgan fingerprint density at radius 1 is 1.33 bits per heavy atom. The third-order valence-corrected chi connectivity index (χ3v) is 5.40. The molecule has 1 aliphatic rings. The topological polar surface area (TPSA) is 75.0 Å². The van der Waals surface area contributed by atoms with E-state index in [0.717, 1.165) is 44.2 Å². The van der Waals surface area contributed by atoms with Crippen LogP contribution in [-0.2, 0) is 18.3 Å². The van der Waals surface area contributed by atoms with Crippen LogP contribution in [0.3, 0.4) is 0 Å². The standard InChI is InChI=1S/C22H32N6O2/c1-26(2)21(29)14-24-22(23-11-9-17-5-7-20(30-4)8-6-17)28-12-10-18(16-28)19-13-25-27(3)15-19/h5-8,13,15,18H,9-12,14,16H2,1-4H3,(H,23,24). The van der Waals surface area contributed by atoms with Gasteiger partial charge in [0.15, 0.2) is 5.96 Å². The van der Waals surface area contributed by atoms with E-state index in [4.69, 9.17) is 4.74 Å². The Hall–Kier alpha value is -3.03. The fraction of sp³-hybridized carbons (Fsp3) is 0.500. The van der Waals surface area contributed by atoms with Gasteiger partial charge in [-0.1, -0.05) is 12.1 Å². The number of nitrogens with zero attached hydrogens (tertiary/aromatic N) is 5. The molecule has 1 amide bonds. The Morgan fingerprint density at radius 3 is 2.73 bits per heavy atom. The van der Waals surface area contributed by atoms with E-state index in [1.807, 2.05) is 30.1 Å². The molecule has 1 aromatic carbocycles. The number of nitrogens with one attached hydrogen (secondary N) is 1. The molecule has 1 aliphatic heterocycles. The molecule has 2 aromatic rings. The number of aliphatic imine (C=N–C) groups is 1. The Bertz CT molecular complexity index is 859. The van der Waals surface area contributed by atoms with Gasteiger partial charge in [0.1, 0.15) is 12.3 Å². The third kappa shape index (κ3) is 5.75. The van der Waals surface area contributed by atoms with E-state index in [1.54, 1.807) is 26.1 Å². The van der Waals surface area contributed by atoms with Crippen molar-refractivity contribution in [1.82, 2.24) is 24.9 Å². The molecule has 1 unspecified atom stereocenters. The number of methoxy groups -OCH3 is 1. The number of hydrogen-bond acceptors (Lipinski definition) is 4. The van der Waals surface area contributed by atoms with E-state index in [0.29, 0.717) is 5.92 Å². The molecule has 1 atom stereocenters. The summed E-state index contributed by atoms with van der Waals surface area (Å²) in [6, 6.07) is 8.08. The van der Waals surface area contributed by atoms with Crippen molar-refractivity contribution in [2.24, 2.45) is 12.0 Å². The maximum absolute atomic E-state index is 12.1. The summed E-state index contributed by atoms with van der Waals surface area (Å²) in [6.45, 7) is 2.67. The van der Waals surface area contributed by atoms with Crippen molar-refractivity contribution in [3.05, 3.63) is 47.8 Å². The summed E-state index contributed by atoms with van der Waals surface area (Å²) < 4.78 is 7.06. The zero-order valence-electron chi connectivity index (χ0n) is 18.3. The van der Waals surface area contributed by atoms with Gasteiger partial charge in [-0.3, -0.25) is 9.48 Å². The van der Waals surface area contributed by atoms with Gasteiger partial charge >= 0.3 is 0 Å². The molecule has 30 heavy (non-hydrogen) atoms. The second-order valence-corrected chi connectivity index (χ2v) is 7.83. The number of benzene rings is 1. The number of aryl methyl sites for hydroxylation is 1. The molecule has 1 aromatic heterocycles. The Kier molecular flexibility index (Phi) is 7.32. The average Bonchev–Trinajstić information content (AvgIpc) is 3.39. The lowest BCUT2D eigenvalue weighted by Gasteiger charge is -2.22. The van der Waals surface area contributed by atoms with Gasteiger partial charge in [0.25, 0.3) is 0 Å². The zero-order chi connectivity index (χ0) is 21.5. The average molecular weight is 413 g/mol. The summed E-state index contributed by atoms with van der Waals surface area (Å²) in [6.07, 6.45) is 5.94. The number of amides is 1. The highest BCUT2D eigenvalue weighted by atomic mass is 16.5. The molecule has 0 bridgehead atoms. The summed E-state index contributed by atoms with van der Waals surface area (Å²) in [5.74, 6) is 2.07. The van der Waals surface area contributed by atoms with E-state index in [9.17, 15) is 4.79 Å². The normalized spacial score (nSPS) is 16.6. The van der Waals surface area contributed by atoms with E-state index >= 15 is 0 Å². The molecular formula is C22H32N6O2. The minimum absolute atomic E-state index is 0.00698. The molecular weight excluding hydrogens is 380 g/mol. The monoisotopic (exact) mass is 412 g/mol. The lowest BCUT2D eigenvalue weighted by molar-refractivity contribution is -0.127. The van der Waals surface area contributed by atoms with Crippen LogP contribution in [0.25, 0.3) is 0 Å². The molecule has 3 rings (SSSR count). The molecule has 2 heterocycles. The first-order valence-electron chi connectivity index (χ1n) is 10.3. The number of carbonyl (C=O) groups is 1. The molecule has 8 nitrogen and oxygen atoms in total. The minimum atomic E-state index is -0.00698. The number of likely N-dealkylation sites (tertiary alicyclic amines) is 1. The van der Waals surface area contributed by atoms with Gasteiger partial charge < -0.3 is 19.9 Å². The second-order valence-electron chi connectivity index (χ2n) is 7.83. The molecule has 1 saturated heterocycles. The van der Waals surface area contributed by atoms with Gasteiger partial charge in [-0.15, -0.1) is 0 Å². The second kappa shape index (κ2) is 10.1. The summed E-state index contributed by atoms with van der Waals surface area (Å²) >= 11 is 0. The number of guanidine groups is 1. The van der Waals surface area contributed by atoms with Crippen molar-refractivity contribution in [2.75, 3.05) is 47.4 Å². The fourth-order valence-corrected chi connectivity index (χ4v) is 3.54. The van der Waals surface area contributed by atoms with Crippen molar-refractivity contribution in [3.8, 4) is 5.75 Å². The van der Waals surface area contributed by atoms with Crippen molar-refractivity contribution in [3.63, 3.8) is 0 Å². The van der Waals surface area contributed by atoms with E-state index in [2.05, 4.69) is 38.6 Å². The third-order valence-electron chi connectivity index (χ3n) is 5.40. The predicted octanol–water partition coefficient (Wildman–Crippen LogP) is 1.49. The van der Waals surface area contributed by atoms with Gasteiger partial charge in [-0.05, 0) is 36.1 Å². The zero-order valence-corrected chi connectivity index (χ0v) is 18.3. The highest BCUT2D eigenvalue weighted by Crippen LogP contribution is 2.26. The first-order valence-corrected chi connectivity index (χ1v) is 10.3. The predicted molar refractivity (Wildman–Crippen MR) is 118 cm³/mol. The van der Waals surface area contributed by atoms with Crippen LogP contribution < -0.4 is 10.1 Å². The number of aromatic nitrogens is 2. The van der Waals surface area contributed by atoms with Gasteiger partial charge in [-0.25, -0.2) is 4.99 Å². The molecule has 0 radical (unpaired) electrons. The van der Waals surface area contributed by atoms with Crippen LogP contribution in [0.2, 0.25) is 0 Å². The Morgan fingerprint density at radius 2 is 2.10 bits per heavy atom. The first kappa shape index (κ1) is 21.7. The highest BCUT2D eigenvalue weighted by molar-refractivity contribution is 5.85. The van der Waals surface area contributed by atoms with Crippen LogP contribution in [0.1, 0.15) is 23.5 Å². The van der Waals surface area contributed by atoms with Crippen molar-refractivity contribution < 1.29 is 9.53 Å². The number of likely N-dealkylation sites (N-methyl/N-ethyl adjacent to an activating group) is 1. The molecule has 1 fully saturated rings. The SMILES string of the molecule is COc1ccc(CCNC(=NCC(=O)N(C)C)N2CCC(c3cnn(C)c3)C2)cc1.